The molecule has 0 spiro atoms. The van der Waals surface area contributed by atoms with Crippen LogP contribution in [0.15, 0.2) is 35.2 Å². The van der Waals surface area contributed by atoms with Gasteiger partial charge in [-0.3, -0.25) is 0 Å². The lowest BCUT2D eigenvalue weighted by molar-refractivity contribution is 0.411. The van der Waals surface area contributed by atoms with Crippen LogP contribution < -0.4 is 0 Å². The Balaban J connectivity index is 1.74. The second-order valence-electron chi connectivity index (χ2n) is 4.72. The lowest BCUT2D eigenvalue weighted by atomic mass is 9.90. The molecule has 1 aromatic rings. The van der Waals surface area contributed by atoms with Crippen molar-refractivity contribution in [1.82, 2.24) is 0 Å². The number of fused-ring (bicyclic) bond motifs is 2. The highest BCUT2D eigenvalue weighted by molar-refractivity contribution is 8.00. The average Bonchev–Trinajstić information content (AvgIpc) is 2.91. The molecule has 5 atom stereocenters. The molecule has 2 fully saturated rings. The second kappa shape index (κ2) is 4.14. The first-order valence-corrected chi connectivity index (χ1v) is 6.71. The van der Waals surface area contributed by atoms with Crippen LogP contribution >= 0.6 is 11.8 Å². The molecule has 0 radical (unpaired) electrons. The molecule has 82 valence electrons. The smallest absolute Gasteiger partial charge is 0.0658 e. The molecule has 1 aromatic carbocycles. The van der Waals surface area contributed by atoms with Gasteiger partial charge in [0, 0.05) is 17.4 Å². The molecule has 0 amide bonds. The van der Waals surface area contributed by atoms with E-state index in [1.54, 1.807) is 0 Å². The molecule has 2 aliphatic rings. The summed E-state index contributed by atoms with van der Waals surface area (Å²) >= 11 is 1.84. The number of nitriles is 1. The van der Waals surface area contributed by atoms with E-state index in [0.717, 1.165) is 12.8 Å². The third-order valence-corrected chi connectivity index (χ3v) is 5.09. The third kappa shape index (κ3) is 1.74. The first kappa shape index (κ1) is 9.13. The highest BCUT2D eigenvalue weighted by Gasteiger charge is 2.46. The van der Waals surface area contributed by atoms with E-state index in [4.69, 9.17) is 6.63 Å². The van der Waals surface area contributed by atoms with Crippen molar-refractivity contribution in [2.75, 3.05) is 0 Å². The summed E-state index contributed by atoms with van der Waals surface area (Å²) in [5.74, 6) is 1.05. The maximum absolute atomic E-state index is 9.04. The lowest BCUT2D eigenvalue weighted by Crippen LogP contribution is -2.18. The van der Waals surface area contributed by atoms with Crippen LogP contribution in [0, 0.1) is 29.1 Å². The first-order valence-electron chi connectivity index (χ1n) is 6.41. The minimum absolute atomic E-state index is 0.0522. The Kier molecular flexibility index (Phi) is 2.36. The Hall–Kier alpha value is -0.940. The molecule has 2 saturated carbocycles. The van der Waals surface area contributed by atoms with Gasteiger partial charge in [-0.25, -0.2) is 0 Å². The van der Waals surface area contributed by atoms with Gasteiger partial charge in [0.1, 0.15) is 0 Å². The fourth-order valence-corrected chi connectivity index (χ4v) is 4.26. The Morgan fingerprint density at radius 2 is 2.06 bits per heavy atom. The summed E-state index contributed by atoms with van der Waals surface area (Å²) in [4.78, 5) is 1.26. The standard InChI is InChI=1S/C14H15NS/c15-9-12-7-11-6-10(12)8-14(11)16-13-4-2-1-3-5-13/h1-5,10-12,14H,6-8H2/t10-,11-,12+,14+/m0/s1/i8D/t8-,10+,11+,12-,14-/m1. The molecule has 3 rings (SSSR count). The summed E-state index contributed by atoms with van der Waals surface area (Å²) in [5, 5.41) is 9.44. The fourth-order valence-electron chi connectivity index (χ4n) is 2.93. The van der Waals surface area contributed by atoms with Crippen molar-refractivity contribution in [1.29, 1.82) is 5.26 Å². The SMILES string of the molecule is [2H][C@@H]1[C@@H]2C[C@@H](C[C@@H]2C#N)[C@@H]1Sc1ccccc1. The van der Waals surface area contributed by atoms with Crippen LogP contribution in [-0.2, 0) is 0 Å². The van der Waals surface area contributed by atoms with E-state index in [1.165, 1.54) is 4.90 Å². The maximum Gasteiger partial charge on any atom is 0.0658 e. The zero-order chi connectivity index (χ0) is 11.8. The molecule has 0 N–H and O–H groups in total. The van der Waals surface area contributed by atoms with Gasteiger partial charge in [0.2, 0.25) is 0 Å². The van der Waals surface area contributed by atoms with Gasteiger partial charge in [0.25, 0.3) is 0 Å². The summed E-state index contributed by atoms with van der Waals surface area (Å²) < 4.78 is 8.29. The van der Waals surface area contributed by atoms with E-state index in [2.05, 4.69) is 18.2 Å². The first-order chi connectivity index (χ1) is 8.29. The quantitative estimate of drug-likeness (QED) is 0.773. The molecule has 0 saturated heterocycles. The fraction of sp³-hybridized carbons (Fsp3) is 0.500. The number of benzene rings is 1. The van der Waals surface area contributed by atoms with Gasteiger partial charge >= 0.3 is 0 Å². The van der Waals surface area contributed by atoms with E-state index in [9.17, 15) is 0 Å². The molecule has 16 heavy (non-hydrogen) atoms. The highest BCUT2D eigenvalue weighted by Crippen LogP contribution is 2.53. The molecular formula is C14H15NS. The summed E-state index contributed by atoms with van der Waals surface area (Å²) in [7, 11) is 0. The van der Waals surface area contributed by atoms with Crippen LogP contribution in [0.25, 0.3) is 0 Å². The van der Waals surface area contributed by atoms with Crippen LogP contribution in [0.5, 0.6) is 0 Å². The number of rotatable bonds is 2. The second-order valence-corrected chi connectivity index (χ2v) is 5.97. The van der Waals surface area contributed by atoms with Crippen molar-refractivity contribution in [2.24, 2.45) is 17.8 Å². The van der Waals surface area contributed by atoms with E-state index >= 15 is 0 Å². The zero-order valence-corrected chi connectivity index (χ0v) is 9.86. The van der Waals surface area contributed by atoms with Crippen molar-refractivity contribution in [3.63, 3.8) is 0 Å². The monoisotopic (exact) mass is 230 g/mol. The van der Waals surface area contributed by atoms with Crippen molar-refractivity contribution in [2.45, 2.75) is 29.4 Å². The predicted octanol–water partition coefficient (Wildman–Crippen LogP) is 3.72. The zero-order valence-electron chi connectivity index (χ0n) is 10.0. The van der Waals surface area contributed by atoms with E-state index in [1.807, 2.05) is 30.0 Å². The van der Waals surface area contributed by atoms with E-state index < -0.39 is 0 Å². The van der Waals surface area contributed by atoms with Crippen LogP contribution in [0.4, 0.5) is 0 Å². The summed E-state index contributed by atoms with van der Waals surface area (Å²) in [6.45, 7) is 0. The molecule has 0 aromatic heterocycles. The largest absolute Gasteiger partial charge is 0.198 e. The van der Waals surface area contributed by atoms with Crippen molar-refractivity contribution < 1.29 is 1.37 Å². The molecular weight excluding hydrogens is 214 g/mol. The van der Waals surface area contributed by atoms with Gasteiger partial charge in [0.05, 0.1) is 6.07 Å². The van der Waals surface area contributed by atoms with Gasteiger partial charge in [0.15, 0.2) is 0 Å². The van der Waals surface area contributed by atoms with E-state index in [-0.39, 0.29) is 12.3 Å². The minimum atomic E-state index is -0.0522. The number of hydrogen-bond donors (Lipinski definition) is 0. The van der Waals surface area contributed by atoms with Gasteiger partial charge in [-0.2, -0.15) is 5.26 Å². The predicted molar refractivity (Wildman–Crippen MR) is 66.0 cm³/mol. The van der Waals surface area contributed by atoms with Crippen LogP contribution in [0.1, 0.15) is 20.6 Å². The minimum Gasteiger partial charge on any atom is -0.198 e. The summed E-state index contributed by atoms with van der Waals surface area (Å²) in [6, 6.07) is 12.7. The van der Waals surface area contributed by atoms with Crippen molar-refractivity contribution >= 4 is 11.8 Å². The van der Waals surface area contributed by atoms with Gasteiger partial charge in [-0.05, 0) is 43.2 Å². The van der Waals surface area contributed by atoms with Crippen LogP contribution in [0.3, 0.4) is 0 Å². The van der Waals surface area contributed by atoms with Crippen LogP contribution in [0.2, 0.25) is 0 Å². The number of thioether (sulfide) groups is 1. The molecule has 1 nitrogen and oxygen atoms in total. The Morgan fingerprint density at radius 3 is 2.75 bits per heavy atom. The normalized spacial score (nSPS) is 41.7. The van der Waals surface area contributed by atoms with Gasteiger partial charge in [-0.15, -0.1) is 11.8 Å². The maximum atomic E-state index is 9.04. The van der Waals surface area contributed by atoms with E-state index in [0.29, 0.717) is 17.1 Å². The van der Waals surface area contributed by atoms with Crippen molar-refractivity contribution in [3.8, 4) is 6.07 Å². The Labute approximate surface area is 102 Å². The highest BCUT2D eigenvalue weighted by atomic mass is 32.2. The lowest BCUT2D eigenvalue weighted by Gasteiger charge is -2.23. The number of hydrogen-bond acceptors (Lipinski definition) is 2. The van der Waals surface area contributed by atoms with Crippen LogP contribution in [-0.4, -0.2) is 5.25 Å². The summed E-state index contributed by atoms with van der Waals surface area (Å²) in [6.07, 6.45) is 2.06. The van der Waals surface area contributed by atoms with Gasteiger partial charge in [-0.1, -0.05) is 18.2 Å². The molecule has 2 bridgehead atoms. The molecule has 2 heteroatoms. The Bertz CT molecular complexity index is 439. The molecule has 2 aliphatic carbocycles. The van der Waals surface area contributed by atoms with Gasteiger partial charge < -0.3 is 0 Å². The molecule has 0 heterocycles. The Morgan fingerprint density at radius 1 is 1.25 bits per heavy atom. The van der Waals surface area contributed by atoms with Crippen molar-refractivity contribution in [3.05, 3.63) is 30.3 Å². The topological polar surface area (TPSA) is 23.8 Å². The third-order valence-electron chi connectivity index (χ3n) is 3.73. The summed E-state index contributed by atoms with van der Waals surface area (Å²) in [5.41, 5.74) is 0. The average molecular weight is 230 g/mol. The molecule has 0 aliphatic heterocycles. The molecule has 0 unspecified atom stereocenters. The number of nitrogens with zero attached hydrogens (tertiary/aromatic N) is 1.